The first-order valence-corrected chi connectivity index (χ1v) is 5.98. The van der Waals surface area contributed by atoms with Crippen LogP contribution in [0.25, 0.3) is 0 Å². The van der Waals surface area contributed by atoms with Crippen LogP contribution >= 0.6 is 15.9 Å². The average Bonchev–Trinajstić information content (AvgIpc) is 2.35. The monoisotopic (exact) mass is 267 g/mol. The minimum absolute atomic E-state index is 0.355. The Hall–Kier alpha value is -0.560. The molecular formula is C6H10BrN3O2S. The molecule has 0 aliphatic carbocycles. The fraction of sp³-hybridized carbons (Fsp3) is 0.500. The highest BCUT2D eigenvalue weighted by atomic mass is 79.9. The minimum atomic E-state index is -3.29. The molecule has 0 aliphatic heterocycles. The molecule has 0 bridgehead atoms. The number of rotatable bonds is 3. The van der Waals surface area contributed by atoms with Crippen LogP contribution in [-0.2, 0) is 10.0 Å². The Bertz CT molecular complexity index is 384. The molecule has 1 heterocycles. The van der Waals surface area contributed by atoms with Gasteiger partial charge in [0.05, 0.1) is 15.9 Å². The Labute approximate surface area is 85.1 Å². The summed E-state index contributed by atoms with van der Waals surface area (Å²) in [7, 11) is -3.29. The van der Waals surface area contributed by atoms with E-state index in [0.29, 0.717) is 10.3 Å². The van der Waals surface area contributed by atoms with E-state index in [1.165, 1.54) is 6.20 Å². The van der Waals surface area contributed by atoms with Crippen molar-refractivity contribution in [3.8, 4) is 0 Å². The van der Waals surface area contributed by atoms with Gasteiger partial charge in [0, 0.05) is 0 Å². The number of anilines is 1. The molecule has 1 aromatic heterocycles. The van der Waals surface area contributed by atoms with E-state index < -0.39 is 15.3 Å². The van der Waals surface area contributed by atoms with Crippen LogP contribution in [-0.4, -0.2) is 23.9 Å². The van der Waals surface area contributed by atoms with Gasteiger partial charge in [0.2, 0.25) is 10.0 Å². The van der Waals surface area contributed by atoms with Crippen molar-refractivity contribution in [3.63, 3.8) is 0 Å². The van der Waals surface area contributed by atoms with Crippen molar-refractivity contribution in [2.24, 2.45) is 0 Å². The Morgan fingerprint density at radius 1 is 1.62 bits per heavy atom. The maximum absolute atomic E-state index is 11.4. The summed E-state index contributed by atoms with van der Waals surface area (Å²) in [4.78, 5) is 0. The second kappa shape index (κ2) is 3.67. The SMILES string of the molecule is CC(C)S(=O)(=O)Nc1[nH]ncc1Br. The molecule has 13 heavy (non-hydrogen) atoms. The lowest BCUT2D eigenvalue weighted by Crippen LogP contribution is -2.22. The van der Waals surface area contributed by atoms with Crippen LogP contribution < -0.4 is 4.72 Å². The molecule has 0 aliphatic rings. The van der Waals surface area contributed by atoms with E-state index >= 15 is 0 Å². The second-order valence-electron chi connectivity index (χ2n) is 2.79. The van der Waals surface area contributed by atoms with Crippen molar-refractivity contribution in [2.45, 2.75) is 19.1 Å². The summed E-state index contributed by atoms with van der Waals surface area (Å²) >= 11 is 3.15. The summed E-state index contributed by atoms with van der Waals surface area (Å²) in [6.45, 7) is 3.21. The maximum atomic E-state index is 11.4. The number of aromatic amines is 1. The summed E-state index contributed by atoms with van der Waals surface area (Å²) in [6, 6.07) is 0. The van der Waals surface area contributed by atoms with E-state index in [1.807, 2.05) is 0 Å². The number of sulfonamides is 1. The first-order valence-electron chi connectivity index (χ1n) is 3.64. The van der Waals surface area contributed by atoms with E-state index in [1.54, 1.807) is 13.8 Å². The molecule has 0 spiro atoms. The van der Waals surface area contributed by atoms with Crippen molar-refractivity contribution >= 4 is 31.8 Å². The van der Waals surface area contributed by atoms with Crippen LogP contribution in [0.5, 0.6) is 0 Å². The van der Waals surface area contributed by atoms with Gasteiger partial charge in [-0.2, -0.15) is 5.10 Å². The number of H-pyrrole nitrogens is 1. The molecule has 2 N–H and O–H groups in total. The highest BCUT2D eigenvalue weighted by Gasteiger charge is 2.17. The van der Waals surface area contributed by atoms with Gasteiger partial charge in [0.15, 0.2) is 0 Å². The molecule has 1 aromatic rings. The Morgan fingerprint density at radius 3 is 2.62 bits per heavy atom. The largest absolute Gasteiger partial charge is 0.267 e. The first-order chi connectivity index (χ1) is 5.93. The Balaban J connectivity index is 2.88. The molecule has 0 aromatic carbocycles. The summed E-state index contributed by atoms with van der Waals surface area (Å²) in [5, 5.41) is 5.73. The Morgan fingerprint density at radius 2 is 2.23 bits per heavy atom. The molecule has 0 fully saturated rings. The molecule has 0 amide bonds. The highest BCUT2D eigenvalue weighted by molar-refractivity contribution is 9.10. The number of hydrogen-bond acceptors (Lipinski definition) is 3. The quantitative estimate of drug-likeness (QED) is 0.868. The van der Waals surface area contributed by atoms with Crippen LogP contribution in [0.3, 0.4) is 0 Å². The van der Waals surface area contributed by atoms with Gasteiger partial charge in [-0.1, -0.05) is 0 Å². The van der Waals surface area contributed by atoms with Gasteiger partial charge in [-0.05, 0) is 29.8 Å². The zero-order valence-electron chi connectivity index (χ0n) is 7.20. The first kappa shape index (κ1) is 10.5. The van der Waals surface area contributed by atoms with Crippen molar-refractivity contribution in [3.05, 3.63) is 10.7 Å². The third-order valence-electron chi connectivity index (χ3n) is 1.46. The van der Waals surface area contributed by atoms with Crippen LogP contribution in [0, 0.1) is 0 Å². The number of nitrogens with one attached hydrogen (secondary N) is 2. The van der Waals surface area contributed by atoms with Crippen LogP contribution in [0.4, 0.5) is 5.82 Å². The van der Waals surface area contributed by atoms with Gasteiger partial charge in [0.1, 0.15) is 5.82 Å². The van der Waals surface area contributed by atoms with Crippen molar-refractivity contribution in [2.75, 3.05) is 4.72 Å². The summed E-state index contributed by atoms with van der Waals surface area (Å²) in [5.74, 6) is 0.355. The van der Waals surface area contributed by atoms with Gasteiger partial charge in [-0.3, -0.25) is 9.82 Å². The minimum Gasteiger partial charge on any atom is -0.267 e. The van der Waals surface area contributed by atoms with Crippen molar-refractivity contribution < 1.29 is 8.42 Å². The van der Waals surface area contributed by atoms with E-state index in [9.17, 15) is 8.42 Å². The van der Waals surface area contributed by atoms with Gasteiger partial charge in [-0.25, -0.2) is 8.42 Å². The van der Waals surface area contributed by atoms with Crippen LogP contribution in [0.2, 0.25) is 0 Å². The Kier molecular flexibility index (Phi) is 2.97. The smallest absolute Gasteiger partial charge is 0.236 e. The summed E-state index contributed by atoms with van der Waals surface area (Å²) in [6.07, 6.45) is 1.48. The lowest BCUT2D eigenvalue weighted by Gasteiger charge is -2.08. The standard InChI is InChI=1S/C6H10BrN3O2S/c1-4(2)13(11,12)10-6-5(7)3-8-9-6/h3-4H,1-2H3,(H2,8,9,10). The van der Waals surface area contributed by atoms with Crippen molar-refractivity contribution in [1.29, 1.82) is 0 Å². The normalized spacial score (nSPS) is 12.0. The van der Waals surface area contributed by atoms with E-state index in [0.717, 1.165) is 0 Å². The van der Waals surface area contributed by atoms with Gasteiger partial charge >= 0.3 is 0 Å². The third-order valence-corrected chi connectivity index (χ3v) is 3.79. The molecule has 0 atom stereocenters. The van der Waals surface area contributed by atoms with Gasteiger partial charge in [0.25, 0.3) is 0 Å². The average molecular weight is 268 g/mol. The number of aromatic nitrogens is 2. The molecule has 5 nitrogen and oxygen atoms in total. The molecule has 0 saturated carbocycles. The number of hydrogen-bond donors (Lipinski definition) is 2. The van der Waals surface area contributed by atoms with E-state index in [4.69, 9.17) is 0 Å². The van der Waals surface area contributed by atoms with Crippen molar-refractivity contribution in [1.82, 2.24) is 10.2 Å². The molecule has 0 unspecified atom stereocenters. The lowest BCUT2D eigenvalue weighted by molar-refractivity contribution is 0.592. The van der Waals surface area contributed by atoms with Gasteiger partial charge < -0.3 is 0 Å². The topological polar surface area (TPSA) is 74.8 Å². The second-order valence-corrected chi connectivity index (χ2v) is 5.88. The van der Waals surface area contributed by atoms with Crippen LogP contribution in [0.1, 0.15) is 13.8 Å². The van der Waals surface area contributed by atoms with E-state index in [-0.39, 0.29) is 0 Å². The van der Waals surface area contributed by atoms with Crippen LogP contribution in [0.15, 0.2) is 10.7 Å². The predicted molar refractivity (Wildman–Crippen MR) is 54.0 cm³/mol. The molecule has 1 rings (SSSR count). The fourth-order valence-electron chi connectivity index (χ4n) is 0.603. The molecule has 74 valence electrons. The predicted octanol–water partition coefficient (Wildman–Crippen LogP) is 1.32. The zero-order valence-corrected chi connectivity index (χ0v) is 9.61. The highest BCUT2D eigenvalue weighted by Crippen LogP contribution is 2.19. The summed E-state index contributed by atoms with van der Waals surface area (Å²) in [5.41, 5.74) is 0. The number of nitrogens with zero attached hydrogens (tertiary/aromatic N) is 1. The zero-order chi connectivity index (χ0) is 10.1. The fourth-order valence-corrected chi connectivity index (χ4v) is 1.70. The lowest BCUT2D eigenvalue weighted by atomic mass is 10.6. The maximum Gasteiger partial charge on any atom is 0.236 e. The van der Waals surface area contributed by atoms with E-state index in [2.05, 4.69) is 30.8 Å². The molecule has 7 heteroatoms. The molecular weight excluding hydrogens is 258 g/mol. The number of halogens is 1. The summed E-state index contributed by atoms with van der Waals surface area (Å²) < 4.78 is 25.7. The van der Waals surface area contributed by atoms with Gasteiger partial charge in [-0.15, -0.1) is 0 Å². The molecule has 0 radical (unpaired) electrons. The third kappa shape index (κ3) is 2.44. The molecule has 0 saturated heterocycles.